The zero-order valence-electron chi connectivity index (χ0n) is 16.1. The van der Waals surface area contributed by atoms with E-state index in [1.807, 2.05) is 32.0 Å². The van der Waals surface area contributed by atoms with Crippen LogP contribution in [0, 0.1) is 11.8 Å². The lowest BCUT2D eigenvalue weighted by Gasteiger charge is -2.22. The Morgan fingerprint density at radius 3 is 2.52 bits per heavy atom. The molecule has 0 spiro atoms. The van der Waals surface area contributed by atoms with E-state index in [1.165, 1.54) is 23.7 Å². The van der Waals surface area contributed by atoms with Crippen molar-refractivity contribution in [2.24, 2.45) is 0 Å². The monoisotopic (exact) mass is 418 g/mol. The van der Waals surface area contributed by atoms with Crippen LogP contribution >= 0.6 is 11.5 Å². The van der Waals surface area contributed by atoms with Gasteiger partial charge in [-0.3, -0.25) is 4.90 Å². The van der Waals surface area contributed by atoms with Crippen LogP contribution in [-0.4, -0.2) is 40.1 Å². The third-order valence-electron chi connectivity index (χ3n) is 4.72. The molecule has 0 radical (unpaired) electrons. The van der Waals surface area contributed by atoms with E-state index in [9.17, 15) is 13.2 Å². The zero-order chi connectivity index (χ0) is 21.0. The van der Waals surface area contributed by atoms with Gasteiger partial charge in [0.15, 0.2) is 0 Å². The van der Waals surface area contributed by atoms with Crippen LogP contribution in [0.3, 0.4) is 0 Å². The highest BCUT2D eigenvalue weighted by molar-refractivity contribution is 7.13. The molecule has 1 atom stereocenters. The van der Waals surface area contributed by atoms with Crippen LogP contribution in [0.25, 0.3) is 21.3 Å². The molecular formula is C22H21F3N2OS. The van der Waals surface area contributed by atoms with Crippen LogP contribution in [0.4, 0.5) is 13.2 Å². The van der Waals surface area contributed by atoms with Gasteiger partial charge in [-0.05, 0) is 49.3 Å². The minimum atomic E-state index is -4.35. The first-order chi connectivity index (χ1) is 13.8. The summed E-state index contributed by atoms with van der Waals surface area (Å²) < 4.78 is 43.7. The molecule has 0 bridgehead atoms. The Bertz CT molecular complexity index is 1030. The maximum Gasteiger partial charge on any atom is 0.416 e. The first-order valence-electron chi connectivity index (χ1n) is 9.27. The van der Waals surface area contributed by atoms with Gasteiger partial charge in [0.1, 0.15) is 0 Å². The number of rotatable bonds is 5. The van der Waals surface area contributed by atoms with Gasteiger partial charge in [0.05, 0.1) is 28.6 Å². The second-order valence-electron chi connectivity index (χ2n) is 6.61. The quantitative estimate of drug-likeness (QED) is 0.590. The number of alkyl halides is 3. The molecule has 1 unspecified atom stereocenters. The molecule has 29 heavy (non-hydrogen) atoms. The molecule has 7 heteroatoms. The number of hydrogen-bond acceptors (Lipinski definition) is 4. The molecule has 0 amide bonds. The van der Waals surface area contributed by atoms with E-state index in [2.05, 4.69) is 21.1 Å². The van der Waals surface area contributed by atoms with Gasteiger partial charge in [0.25, 0.3) is 0 Å². The number of aliphatic hydroxyl groups is 1. The lowest BCUT2D eigenvalue weighted by Crippen LogP contribution is -2.34. The van der Waals surface area contributed by atoms with E-state index in [0.717, 1.165) is 34.3 Å². The Kier molecular flexibility index (Phi) is 6.58. The summed E-state index contributed by atoms with van der Waals surface area (Å²) in [6, 6.07) is 10.8. The number of benzene rings is 2. The molecule has 3 nitrogen and oxygen atoms in total. The van der Waals surface area contributed by atoms with Crippen LogP contribution in [0.5, 0.6) is 0 Å². The fourth-order valence-corrected chi connectivity index (χ4v) is 3.91. The third kappa shape index (κ3) is 4.96. The van der Waals surface area contributed by atoms with E-state index in [4.69, 9.17) is 5.11 Å². The molecule has 1 heterocycles. The SMILES string of the molecule is CCN(CCO)C(C)C#Cc1ccc2c(-c3ccc(C(F)(F)F)cc3)nsc2c1. The maximum atomic E-state index is 12.8. The standard InChI is InChI=1S/C22H21F3N2OS/c1-3-27(12-13-28)15(2)4-5-16-6-11-19-20(14-16)29-26-21(19)17-7-9-18(10-8-17)22(23,24)25/h6-11,14-15,28H,3,12-13H2,1-2H3. The first-order valence-corrected chi connectivity index (χ1v) is 10.0. The van der Waals surface area contributed by atoms with Gasteiger partial charge in [-0.15, -0.1) is 0 Å². The van der Waals surface area contributed by atoms with Crippen molar-refractivity contribution in [3.8, 4) is 23.1 Å². The number of aliphatic hydroxyl groups excluding tert-OH is 1. The Hall–Kier alpha value is -2.40. The summed E-state index contributed by atoms with van der Waals surface area (Å²) in [5.74, 6) is 6.36. The fourth-order valence-electron chi connectivity index (χ4n) is 3.07. The fraction of sp³-hybridized carbons (Fsp3) is 0.318. The summed E-state index contributed by atoms with van der Waals surface area (Å²) in [7, 11) is 0. The summed E-state index contributed by atoms with van der Waals surface area (Å²) in [5, 5.41) is 10.0. The van der Waals surface area contributed by atoms with Crippen molar-refractivity contribution in [3.63, 3.8) is 0 Å². The van der Waals surface area contributed by atoms with Gasteiger partial charge < -0.3 is 5.11 Å². The van der Waals surface area contributed by atoms with Crippen molar-refractivity contribution in [3.05, 3.63) is 53.6 Å². The van der Waals surface area contributed by atoms with Crippen LogP contribution < -0.4 is 0 Å². The first kappa shape index (κ1) is 21.3. The minimum Gasteiger partial charge on any atom is -0.395 e. The average Bonchev–Trinajstić information content (AvgIpc) is 3.13. The lowest BCUT2D eigenvalue weighted by atomic mass is 10.0. The number of aromatic nitrogens is 1. The van der Waals surface area contributed by atoms with E-state index < -0.39 is 11.7 Å². The van der Waals surface area contributed by atoms with Crippen LogP contribution in [0.2, 0.25) is 0 Å². The van der Waals surface area contributed by atoms with Gasteiger partial charge in [-0.2, -0.15) is 17.5 Å². The third-order valence-corrected chi connectivity index (χ3v) is 5.53. The summed E-state index contributed by atoms with van der Waals surface area (Å²) in [4.78, 5) is 2.08. The number of nitrogens with zero attached hydrogens (tertiary/aromatic N) is 2. The Morgan fingerprint density at radius 2 is 1.90 bits per heavy atom. The molecular weight excluding hydrogens is 397 g/mol. The molecule has 0 saturated heterocycles. The van der Waals surface area contributed by atoms with E-state index in [0.29, 0.717) is 17.8 Å². The molecule has 0 aliphatic rings. The topological polar surface area (TPSA) is 36.4 Å². The largest absolute Gasteiger partial charge is 0.416 e. The second-order valence-corrected chi connectivity index (χ2v) is 7.42. The highest BCUT2D eigenvalue weighted by Gasteiger charge is 2.30. The summed E-state index contributed by atoms with van der Waals surface area (Å²) in [6.45, 7) is 5.51. The van der Waals surface area contributed by atoms with Crippen LogP contribution in [0.1, 0.15) is 25.0 Å². The Labute approximate surface area is 172 Å². The van der Waals surface area contributed by atoms with Crippen molar-refractivity contribution < 1.29 is 18.3 Å². The molecule has 0 aliphatic carbocycles. The molecule has 0 aliphatic heterocycles. The van der Waals surface area contributed by atoms with Gasteiger partial charge in [-0.25, -0.2) is 0 Å². The summed E-state index contributed by atoms with van der Waals surface area (Å²) in [5.41, 5.74) is 1.51. The average molecular weight is 418 g/mol. The molecule has 2 aromatic carbocycles. The van der Waals surface area contributed by atoms with E-state index in [-0.39, 0.29) is 12.6 Å². The number of halogens is 3. The smallest absolute Gasteiger partial charge is 0.395 e. The Balaban J connectivity index is 1.85. The molecule has 3 aromatic rings. The lowest BCUT2D eigenvalue weighted by molar-refractivity contribution is -0.137. The van der Waals surface area contributed by atoms with Gasteiger partial charge >= 0.3 is 6.18 Å². The van der Waals surface area contributed by atoms with Crippen molar-refractivity contribution in [1.29, 1.82) is 0 Å². The highest BCUT2D eigenvalue weighted by Crippen LogP contribution is 2.34. The maximum absolute atomic E-state index is 12.8. The molecule has 3 rings (SSSR count). The van der Waals surface area contributed by atoms with Gasteiger partial charge in [-0.1, -0.05) is 37.0 Å². The molecule has 1 aromatic heterocycles. The normalized spacial score (nSPS) is 12.8. The van der Waals surface area contributed by atoms with E-state index >= 15 is 0 Å². The van der Waals surface area contributed by atoms with Crippen LogP contribution in [-0.2, 0) is 6.18 Å². The van der Waals surface area contributed by atoms with Crippen molar-refractivity contribution in [2.75, 3.05) is 19.7 Å². The molecule has 152 valence electrons. The predicted octanol–water partition coefficient (Wildman–Crippen LogP) is 5.04. The Morgan fingerprint density at radius 1 is 1.17 bits per heavy atom. The van der Waals surface area contributed by atoms with E-state index in [1.54, 1.807) is 0 Å². The van der Waals surface area contributed by atoms with Gasteiger partial charge in [0, 0.05) is 23.1 Å². The van der Waals surface area contributed by atoms with Crippen molar-refractivity contribution >= 4 is 21.6 Å². The van der Waals surface area contributed by atoms with Crippen molar-refractivity contribution in [2.45, 2.75) is 26.1 Å². The van der Waals surface area contributed by atoms with Crippen molar-refractivity contribution in [1.82, 2.24) is 9.27 Å². The highest BCUT2D eigenvalue weighted by atomic mass is 32.1. The zero-order valence-corrected chi connectivity index (χ0v) is 16.9. The summed E-state index contributed by atoms with van der Waals surface area (Å²) >= 11 is 1.30. The molecule has 0 saturated carbocycles. The number of fused-ring (bicyclic) bond motifs is 1. The second kappa shape index (κ2) is 8.95. The molecule has 0 fully saturated rings. The molecule has 1 N–H and O–H groups in total. The summed E-state index contributed by atoms with van der Waals surface area (Å²) in [6.07, 6.45) is -4.35. The number of likely N-dealkylation sites (N-methyl/N-ethyl adjacent to an activating group) is 1. The predicted molar refractivity (Wildman–Crippen MR) is 111 cm³/mol. The minimum absolute atomic E-state index is 0.0204. The number of hydrogen-bond donors (Lipinski definition) is 1. The van der Waals surface area contributed by atoms with Crippen LogP contribution in [0.15, 0.2) is 42.5 Å². The van der Waals surface area contributed by atoms with Gasteiger partial charge in [0.2, 0.25) is 0 Å².